The standard InChI is InChI=1S/C9H12N2O5S2/c1-5-7(3-6(17-5)9(13)14)18(15,16)11(2)4-8(10)12/h3H,4H2,1-2H3,(H2,10,12)(H,13,14). The Bertz CT molecular complexity index is 590. The van der Waals surface area contributed by atoms with Crippen LogP contribution in [0.3, 0.4) is 0 Å². The molecule has 0 saturated heterocycles. The Hall–Kier alpha value is -1.45. The van der Waals surface area contributed by atoms with Crippen LogP contribution in [-0.4, -0.2) is 43.3 Å². The SMILES string of the molecule is Cc1sc(C(=O)O)cc1S(=O)(=O)N(C)CC(N)=O. The third kappa shape index (κ3) is 2.86. The number of sulfonamides is 1. The summed E-state index contributed by atoms with van der Waals surface area (Å²) in [7, 11) is -2.69. The van der Waals surface area contributed by atoms with Crippen molar-refractivity contribution in [2.24, 2.45) is 5.73 Å². The Morgan fingerprint density at radius 2 is 2.06 bits per heavy atom. The zero-order chi connectivity index (χ0) is 14.1. The summed E-state index contributed by atoms with van der Waals surface area (Å²) in [5.74, 6) is -1.98. The minimum atomic E-state index is -3.90. The number of carbonyl (C=O) groups excluding carboxylic acids is 1. The van der Waals surface area contributed by atoms with Gasteiger partial charge >= 0.3 is 5.97 Å². The molecule has 0 atom stereocenters. The number of nitrogens with zero attached hydrogens (tertiary/aromatic N) is 1. The van der Waals surface area contributed by atoms with Gasteiger partial charge in [-0.15, -0.1) is 11.3 Å². The maximum atomic E-state index is 12.1. The van der Waals surface area contributed by atoms with E-state index in [2.05, 4.69) is 0 Å². The fourth-order valence-electron chi connectivity index (χ4n) is 1.30. The Balaban J connectivity index is 3.20. The molecule has 18 heavy (non-hydrogen) atoms. The Labute approximate surface area is 108 Å². The van der Waals surface area contributed by atoms with Gasteiger partial charge in [0.05, 0.1) is 11.4 Å². The van der Waals surface area contributed by atoms with Crippen LogP contribution in [0.25, 0.3) is 0 Å². The summed E-state index contributed by atoms with van der Waals surface area (Å²) in [6, 6.07) is 1.08. The number of thiophene rings is 1. The molecule has 0 aliphatic heterocycles. The highest BCUT2D eigenvalue weighted by Gasteiger charge is 2.27. The largest absolute Gasteiger partial charge is 0.477 e. The van der Waals surface area contributed by atoms with Gasteiger partial charge in [-0.2, -0.15) is 4.31 Å². The Kier molecular flexibility index (Phi) is 4.09. The number of carbonyl (C=O) groups is 2. The van der Waals surface area contributed by atoms with E-state index in [0.29, 0.717) is 4.88 Å². The van der Waals surface area contributed by atoms with Crippen molar-refractivity contribution in [3.8, 4) is 0 Å². The van der Waals surface area contributed by atoms with Gasteiger partial charge in [-0.3, -0.25) is 4.79 Å². The molecule has 0 radical (unpaired) electrons. The van der Waals surface area contributed by atoms with Crippen molar-refractivity contribution < 1.29 is 23.1 Å². The zero-order valence-corrected chi connectivity index (χ0v) is 11.3. The monoisotopic (exact) mass is 292 g/mol. The van der Waals surface area contributed by atoms with Crippen LogP contribution in [0.1, 0.15) is 14.5 Å². The van der Waals surface area contributed by atoms with Crippen LogP contribution in [0.2, 0.25) is 0 Å². The number of carboxylic acid groups (broad SMARTS) is 1. The lowest BCUT2D eigenvalue weighted by atomic mass is 10.4. The van der Waals surface area contributed by atoms with E-state index in [1.54, 1.807) is 0 Å². The molecule has 1 amide bonds. The van der Waals surface area contributed by atoms with E-state index in [9.17, 15) is 18.0 Å². The summed E-state index contributed by atoms with van der Waals surface area (Å²) in [4.78, 5) is 21.6. The minimum absolute atomic E-state index is 0.0708. The van der Waals surface area contributed by atoms with Crippen LogP contribution < -0.4 is 5.73 Å². The van der Waals surface area contributed by atoms with Gasteiger partial charge < -0.3 is 10.8 Å². The number of primary amides is 1. The molecule has 1 rings (SSSR count). The second kappa shape index (κ2) is 5.04. The van der Waals surface area contributed by atoms with Crippen LogP contribution >= 0.6 is 11.3 Å². The van der Waals surface area contributed by atoms with Crippen LogP contribution in [0.15, 0.2) is 11.0 Å². The fraction of sp³-hybridized carbons (Fsp3) is 0.333. The number of aryl methyl sites for hydroxylation is 1. The van der Waals surface area contributed by atoms with Crippen molar-refractivity contribution in [3.63, 3.8) is 0 Å². The average Bonchev–Trinajstić information content (AvgIpc) is 2.59. The maximum absolute atomic E-state index is 12.1. The lowest BCUT2D eigenvalue weighted by Crippen LogP contribution is -2.35. The molecule has 0 spiro atoms. The number of hydrogen-bond acceptors (Lipinski definition) is 5. The van der Waals surface area contributed by atoms with Gasteiger partial charge in [0.1, 0.15) is 4.88 Å². The van der Waals surface area contributed by atoms with Crippen LogP contribution in [0, 0.1) is 6.92 Å². The normalized spacial score (nSPS) is 11.7. The highest BCUT2D eigenvalue weighted by atomic mass is 32.2. The van der Waals surface area contributed by atoms with Gasteiger partial charge in [-0.1, -0.05) is 0 Å². The van der Waals surface area contributed by atoms with Gasteiger partial charge in [-0.25, -0.2) is 13.2 Å². The highest BCUT2D eigenvalue weighted by molar-refractivity contribution is 7.89. The third-order valence-electron chi connectivity index (χ3n) is 2.15. The smallest absolute Gasteiger partial charge is 0.345 e. The number of nitrogens with two attached hydrogens (primary N) is 1. The topological polar surface area (TPSA) is 118 Å². The molecule has 1 aromatic heterocycles. The lowest BCUT2D eigenvalue weighted by molar-refractivity contribution is -0.118. The molecule has 100 valence electrons. The average molecular weight is 292 g/mol. The number of amides is 1. The molecular formula is C9H12N2O5S2. The maximum Gasteiger partial charge on any atom is 0.345 e. The van der Waals surface area contributed by atoms with Crippen molar-refractivity contribution in [2.45, 2.75) is 11.8 Å². The van der Waals surface area contributed by atoms with Crippen molar-refractivity contribution in [2.75, 3.05) is 13.6 Å². The quantitative estimate of drug-likeness (QED) is 0.783. The highest BCUT2D eigenvalue weighted by Crippen LogP contribution is 2.27. The summed E-state index contributed by atoms with van der Waals surface area (Å²) in [5.41, 5.74) is 4.92. The first-order valence-corrected chi connectivity index (χ1v) is 7.00. The van der Waals surface area contributed by atoms with E-state index in [4.69, 9.17) is 10.8 Å². The van der Waals surface area contributed by atoms with Crippen LogP contribution in [-0.2, 0) is 14.8 Å². The van der Waals surface area contributed by atoms with E-state index in [1.807, 2.05) is 0 Å². The van der Waals surface area contributed by atoms with E-state index < -0.39 is 28.4 Å². The number of aromatic carboxylic acids is 1. The van der Waals surface area contributed by atoms with Crippen molar-refractivity contribution >= 4 is 33.2 Å². The summed E-state index contributed by atoms with van der Waals surface area (Å²) in [6.07, 6.45) is 0. The first-order valence-electron chi connectivity index (χ1n) is 4.74. The molecule has 1 heterocycles. The molecule has 3 N–H and O–H groups in total. The molecule has 0 aliphatic rings. The third-order valence-corrected chi connectivity index (χ3v) is 5.25. The molecule has 0 saturated carbocycles. The first kappa shape index (κ1) is 14.6. The van der Waals surface area contributed by atoms with Crippen molar-refractivity contribution in [3.05, 3.63) is 15.8 Å². The molecule has 1 aromatic rings. The molecule has 0 aromatic carbocycles. The van der Waals surface area contributed by atoms with E-state index in [-0.39, 0.29) is 9.77 Å². The molecule has 0 fully saturated rings. The van der Waals surface area contributed by atoms with E-state index in [1.165, 1.54) is 14.0 Å². The Morgan fingerprint density at radius 1 is 1.50 bits per heavy atom. The number of likely N-dealkylation sites (N-methyl/N-ethyl adjacent to an activating group) is 1. The predicted octanol–water partition coefficient (Wildman–Crippen LogP) is -0.139. The van der Waals surface area contributed by atoms with Crippen LogP contribution in [0.5, 0.6) is 0 Å². The van der Waals surface area contributed by atoms with Crippen LogP contribution in [0.4, 0.5) is 0 Å². The molecule has 0 aliphatic carbocycles. The van der Waals surface area contributed by atoms with E-state index in [0.717, 1.165) is 21.7 Å². The molecule has 0 unspecified atom stereocenters. The first-order chi connectivity index (χ1) is 8.16. The van der Waals surface area contributed by atoms with Crippen molar-refractivity contribution in [1.82, 2.24) is 4.31 Å². The van der Waals surface area contributed by atoms with Gasteiger partial charge in [0.25, 0.3) is 0 Å². The second-order valence-electron chi connectivity index (χ2n) is 3.56. The molecular weight excluding hydrogens is 280 g/mol. The number of carboxylic acids is 1. The molecule has 0 bridgehead atoms. The van der Waals surface area contributed by atoms with Gasteiger partial charge in [0.2, 0.25) is 15.9 Å². The number of rotatable bonds is 5. The summed E-state index contributed by atoms with van der Waals surface area (Å²) >= 11 is 0.864. The molecule has 9 heteroatoms. The predicted molar refractivity (Wildman–Crippen MR) is 65.0 cm³/mol. The fourth-order valence-corrected chi connectivity index (χ4v) is 3.83. The van der Waals surface area contributed by atoms with Gasteiger partial charge in [0, 0.05) is 11.9 Å². The van der Waals surface area contributed by atoms with Gasteiger partial charge in [-0.05, 0) is 13.0 Å². The summed E-state index contributed by atoms with van der Waals surface area (Å²) in [6.45, 7) is 1.04. The molecule has 7 nitrogen and oxygen atoms in total. The lowest BCUT2D eigenvalue weighted by Gasteiger charge is -2.14. The summed E-state index contributed by atoms with van der Waals surface area (Å²) < 4.78 is 24.9. The minimum Gasteiger partial charge on any atom is -0.477 e. The number of hydrogen-bond donors (Lipinski definition) is 2. The van der Waals surface area contributed by atoms with E-state index >= 15 is 0 Å². The van der Waals surface area contributed by atoms with Gasteiger partial charge in [0.15, 0.2) is 0 Å². The Morgan fingerprint density at radius 3 is 2.44 bits per heavy atom. The zero-order valence-electron chi connectivity index (χ0n) is 9.71. The second-order valence-corrected chi connectivity index (χ2v) is 6.83. The van der Waals surface area contributed by atoms with Crippen molar-refractivity contribution in [1.29, 1.82) is 0 Å². The summed E-state index contributed by atoms with van der Waals surface area (Å²) in [5, 5.41) is 8.80.